The smallest absolute Gasteiger partial charge is 0.332 e. The monoisotopic (exact) mass is 258 g/mol. The molecule has 1 rings (SSSR count). The molecule has 0 aliphatic rings. The molecule has 5 nitrogen and oxygen atoms in total. The van der Waals surface area contributed by atoms with Crippen molar-refractivity contribution in [3.05, 3.63) is 29.8 Å². The minimum Gasteiger partial charge on any atom is -0.497 e. The van der Waals surface area contributed by atoms with Gasteiger partial charge in [0.25, 0.3) is 0 Å². The first-order chi connectivity index (χ1) is 7.90. The summed E-state index contributed by atoms with van der Waals surface area (Å²) in [6, 6.07) is 7.21. The van der Waals surface area contributed by atoms with Gasteiger partial charge < -0.3 is 14.5 Å². The van der Waals surface area contributed by atoms with E-state index in [2.05, 4.69) is 0 Å². The first-order valence-electron chi connectivity index (χ1n) is 5.10. The van der Waals surface area contributed by atoms with E-state index in [1.807, 2.05) is 12.1 Å². The molecule has 0 radical (unpaired) electrons. The van der Waals surface area contributed by atoms with E-state index in [9.17, 15) is 9.36 Å². The van der Waals surface area contributed by atoms with Gasteiger partial charge in [0.2, 0.25) is 0 Å². The van der Waals surface area contributed by atoms with Crippen molar-refractivity contribution in [1.82, 2.24) is 0 Å². The summed E-state index contributed by atoms with van der Waals surface area (Å²) in [7, 11) is -2.66. The summed E-state index contributed by atoms with van der Waals surface area (Å²) >= 11 is 0. The summed E-state index contributed by atoms with van der Waals surface area (Å²) in [6.45, 7) is 0. The number of ether oxygens (including phenoxy) is 1. The van der Waals surface area contributed by atoms with Gasteiger partial charge in [0.1, 0.15) is 17.7 Å². The summed E-state index contributed by atoms with van der Waals surface area (Å²) in [5, 5.41) is 0. The van der Waals surface area contributed by atoms with E-state index < -0.39 is 19.5 Å². The Bertz CT molecular complexity index is 420. The van der Waals surface area contributed by atoms with Crippen LogP contribution in [-0.4, -0.2) is 28.8 Å². The van der Waals surface area contributed by atoms with E-state index in [4.69, 9.17) is 14.5 Å². The highest BCUT2D eigenvalue weighted by Crippen LogP contribution is 2.34. The third-order valence-electron chi connectivity index (χ3n) is 2.23. The second-order valence-corrected chi connectivity index (χ2v) is 5.36. The SMILES string of the molecule is COc1ccc(CCC(=O)CP(=O)(O)O)cc1. The third kappa shape index (κ3) is 5.63. The van der Waals surface area contributed by atoms with Gasteiger partial charge in [0.15, 0.2) is 0 Å². The average Bonchev–Trinajstić information content (AvgIpc) is 2.25. The Balaban J connectivity index is 2.45. The van der Waals surface area contributed by atoms with Crippen molar-refractivity contribution in [1.29, 1.82) is 0 Å². The molecule has 6 heteroatoms. The Kier molecular flexibility index (Phi) is 4.87. The van der Waals surface area contributed by atoms with Crippen molar-refractivity contribution >= 4 is 13.4 Å². The maximum atomic E-state index is 11.2. The van der Waals surface area contributed by atoms with Crippen LogP contribution < -0.4 is 4.74 Å². The molecule has 1 aromatic rings. The highest BCUT2D eigenvalue weighted by molar-refractivity contribution is 7.52. The number of aryl methyl sites for hydroxylation is 1. The van der Waals surface area contributed by atoms with Gasteiger partial charge in [-0.2, -0.15) is 0 Å². The number of methoxy groups -OCH3 is 1. The van der Waals surface area contributed by atoms with Crippen LogP contribution in [0.4, 0.5) is 0 Å². The van der Waals surface area contributed by atoms with Crippen LogP contribution in [0.2, 0.25) is 0 Å². The standard InChI is InChI=1S/C11H15O5P/c1-16-11-6-3-9(4-7-11)2-5-10(12)8-17(13,14)15/h3-4,6-7H,2,5,8H2,1H3,(H2,13,14,15). The van der Waals surface area contributed by atoms with E-state index in [0.717, 1.165) is 11.3 Å². The maximum absolute atomic E-state index is 11.2. The molecular weight excluding hydrogens is 243 g/mol. The molecule has 0 heterocycles. The number of carbonyl (C=O) groups is 1. The summed E-state index contributed by atoms with van der Waals surface area (Å²) in [5.41, 5.74) is 0.935. The Morgan fingerprint density at radius 2 is 1.88 bits per heavy atom. The fourth-order valence-electron chi connectivity index (χ4n) is 1.38. The number of carbonyl (C=O) groups excluding carboxylic acids is 1. The molecule has 94 valence electrons. The number of Topliss-reactive ketones (excluding diaryl/α,β-unsaturated/α-hetero) is 1. The zero-order valence-electron chi connectivity index (χ0n) is 9.50. The molecule has 0 bridgehead atoms. The van der Waals surface area contributed by atoms with Crippen LogP contribution >= 0.6 is 7.60 Å². The van der Waals surface area contributed by atoms with Crippen LogP contribution in [0, 0.1) is 0 Å². The lowest BCUT2D eigenvalue weighted by Gasteiger charge is -2.04. The van der Waals surface area contributed by atoms with Crippen molar-refractivity contribution in [2.24, 2.45) is 0 Å². The topological polar surface area (TPSA) is 83.8 Å². The minimum absolute atomic E-state index is 0.136. The summed E-state index contributed by atoms with van der Waals surface area (Å²) in [6.07, 6.45) is -0.0661. The van der Waals surface area contributed by atoms with Crippen molar-refractivity contribution in [2.45, 2.75) is 12.8 Å². The maximum Gasteiger partial charge on any atom is 0.332 e. The van der Waals surface area contributed by atoms with Gasteiger partial charge in [-0.3, -0.25) is 9.36 Å². The highest BCUT2D eigenvalue weighted by atomic mass is 31.2. The number of ketones is 1. The first-order valence-corrected chi connectivity index (χ1v) is 6.89. The van der Waals surface area contributed by atoms with Crippen molar-refractivity contribution < 1.29 is 23.9 Å². The molecule has 0 fully saturated rings. The molecule has 0 spiro atoms. The van der Waals surface area contributed by atoms with Gasteiger partial charge in [0, 0.05) is 6.42 Å². The van der Waals surface area contributed by atoms with Gasteiger partial charge in [-0.05, 0) is 24.1 Å². The molecule has 0 saturated carbocycles. The number of rotatable bonds is 6. The number of hydrogen-bond acceptors (Lipinski definition) is 3. The Labute approximate surface area is 99.6 Å². The predicted molar refractivity (Wildman–Crippen MR) is 63.2 cm³/mol. The largest absolute Gasteiger partial charge is 0.497 e. The molecular formula is C11H15O5P. The Morgan fingerprint density at radius 3 is 2.35 bits per heavy atom. The van der Waals surface area contributed by atoms with E-state index in [0.29, 0.717) is 6.42 Å². The van der Waals surface area contributed by atoms with E-state index in [1.54, 1.807) is 19.2 Å². The molecule has 0 amide bonds. The minimum atomic E-state index is -4.23. The van der Waals surface area contributed by atoms with Crippen molar-refractivity contribution in [2.75, 3.05) is 13.3 Å². The van der Waals surface area contributed by atoms with Gasteiger partial charge in [-0.1, -0.05) is 12.1 Å². The Morgan fingerprint density at radius 1 is 1.29 bits per heavy atom. The second kappa shape index (κ2) is 5.96. The quantitative estimate of drug-likeness (QED) is 0.753. The normalized spacial score (nSPS) is 11.2. The molecule has 0 unspecified atom stereocenters. The Hall–Kier alpha value is -1.16. The second-order valence-electron chi connectivity index (χ2n) is 3.71. The van der Waals surface area contributed by atoms with Gasteiger partial charge >= 0.3 is 7.60 Å². The lowest BCUT2D eigenvalue weighted by molar-refractivity contribution is -0.116. The molecule has 0 saturated heterocycles. The first kappa shape index (κ1) is 13.9. The van der Waals surface area contributed by atoms with Gasteiger partial charge in [-0.25, -0.2) is 0 Å². The number of hydrogen-bond donors (Lipinski definition) is 2. The third-order valence-corrected chi connectivity index (χ3v) is 3.00. The molecule has 0 aliphatic heterocycles. The van der Waals surface area contributed by atoms with E-state index in [1.165, 1.54) is 0 Å². The lowest BCUT2D eigenvalue weighted by atomic mass is 10.1. The van der Waals surface area contributed by atoms with Gasteiger partial charge in [0.05, 0.1) is 7.11 Å². The van der Waals surface area contributed by atoms with Crippen LogP contribution in [0.25, 0.3) is 0 Å². The fourth-order valence-corrected chi connectivity index (χ4v) is 2.00. The fraction of sp³-hybridized carbons (Fsp3) is 0.364. The van der Waals surface area contributed by atoms with E-state index >= 15 is 0 Å². The molecule has 17 heavy (non-hydrogen) atoms. The van der Waals surface area contributed by atoms with Crippen LogP contribution in [0.5, 0.6) is 5.75 Å². The summed E-state index contributed by atoms with van der Waals surface area (Å²) in [4.78, 5) is 28.5. The molecule has 2 N–H and O–H groups in total. The van der Waals surface area contributed by atoms with Crippen LogP contribution in [0.15, 0.2) is 24.3 Å². The zero-order valence-corrected chi connectivity index (χ0v) is 10.4. The zero-order chi connectivity index (χ0) is 12.9. The molecule has 0 aliphatic carbocycles. The summed E-state index contributed by atoms with van der Waals surface area (Å²) < 4.78 is 15.6. The van der Waals surface area contributed by atoms with E-state index in [-0.39, 0.29) is 6.42 Å². The van der Waals surface area contributed by atoms with Crippen LogP contribution in [0.3, 0.4) is 0 Å². The van der Waals surface area contributed by atoms with Crippen LogP contribution in [0.1, 0.15) is 12.0 Å². The lowest BCUT2D eigenvalue weighted by Crippen LogP contribution is -2.06. The van der Waals surface area contributed by atoms with Crippen LogP contribution in [-0.2, 0) is 15.8 Å². The molecule has 1 aromatic carbocycles. The van der Waals surface area contributed by atoms with Gasteiger partial charge in [-0.15, -0.1) is 0 Å². The average molecular weight is 258 g/mol. The number of benzene rings is 1. The highest BCUT2D eigenvalue weighted by Gasteiger charge is 2.18. The molecule has 0 atom stereocenters. The molecule has 0 aromatic heterocycles. The predicted octanol–water partition coefficient (Wildman–Crippen LogP) is 1.37. The summed E-state index contributed by atoms with van der Waals surface area (Å²) in [5.74, 6) is 0.310. The van der Waals surface area contributed by atoms with Crippen molar-refractivity contribution in [3.63, 3.8) is 0 Å². The van der Waals surface area contributed by atoms with Crippen molar-refractivity contribution in [3.8, 4) is 5.75 Å².